The molecule has 1 saturated heterocycles. The van der Waals surface area contributed by atoms with Crippen molar-refractivity contribution in [2.24, 2.45) is 0 Å². The van der Waals surface area contributed by atoms with E-state index < -0.39 is 21.7 Å². The lowest BCUT2D eigenvalue weighted by molar-refractivity contribution is -0.113. The first kappa shape index (κ1) is 21.7. The summed E-state index contributed by atoms with van der Waals surface area (Å²) in [5.41, 5.74) is 1.04. The number of anilines is 1. The lowest BCUT2D eigenvalue weighted by Gasteiger charge is -2.26. The van der Waals surface area contributed by atoms with Crippen LogP contribution in [0.4, 0.5) is 14.5 Å². The van der Waals surface area contributed by atoms with Gasteiger partial charge in [0, 0.05) is 30.9 Å². The van der Waals surface area contributed by atoms with Gasteiger partial charge in [-0.2, -0.15) is 4.31 Å². The van der Waals surface area contributed by atoms with Crippen molar-refractivity contribution in [1.29, 1.82) is 0 Å². The average Bonchev–Trinajstić information content (AvgIpc) is 3.15. The zero-order valence-electron chi connectivity index (χ0n) is 16.1. The fourth-order valence-electron chi connectivity index (χ4n) is 3.03. The van der Waals surface area contributed by atoms with Crippen LogP contribution in [0.25, 0.3) is 11.0 Å². The molecule has 31 heavy (non-hydrogen) atoms. The summed E-state index contributed by atoms with van der Waals surface area (Å²) in [5.74, 6) is -2.32. The molecule has 12 heteroatoms. The predicted octanol–water partition coefficient (Wildman–Crippen LogP) is 2.59. The van der Waals surface area contributed by atoms with E-state index in [9.17, 15) is 22.0 Å². The van der Waals surface area contributed by atoms with E-state index in [0.717, 1.165) is 23.9 Å². The minimum atomic E-state index is -3.60. The summed E-state index contributed by atoms with van der Waals surface area (Å²) in [4.78, 5) is 19.3. The number of imidazole rings is 1. The highest BCUT2D eigenvalue weighted by Crippen LogP contribution is 2.23. The number of carbonyl (C=O) groups excluding carboxylic acids is 1. The molecule has 2 aromatic carbocycles. The fraction of sp³-hybridized carbons (Fsp3) is 0.263. The predicted molar refractivity (Wildman–Crippen MR) is 111 cm³/mol. The van der Waals surface area contributed by atoms with Gasteiger partial charge in [-0.25, -0.2) is 22.2 Å². The molecule has 164 valence electrons. The van der Waals surface area contributed by atoms with E-state index in [1.165, 1.54) is 28.6 Å². The second-order valence-electron chi connectivity index (χ2n) is 6.70. The standard InChI is InChI=1S/C19H18F2N4O4S2/c20-14-9-16-17(10-15(14)21)24-19(23-16)30-11-18(26)22-12-1-3-13(4-2-12)31(27,28)25-5-7-29-8-6-25/h1-4,9-10H,5-8,11H2,(H,22,26)(H,23,24). The summed E-state index contributed by atoms with van der Waals surface area (Å²) >= 11 is 1.07. The Kier molecular flexibility index (Phi) is 6.23. The van der Waals surface area contributed by atoms with Crippen molar-refractivity contribution < 1.29 is 26.7 Å². The van der Waals surface area contributed by atoms with E-state index >= 15 is 0 Å². The normalized spacial score (nSPS) is 15.3. The molecule has 1 aliphatic rings. The SMILES string of the molecule is O=C(CSc1nc2cc(F)c(F)cc2[nH]1)Nc1ccc(S(=O)(=O)N2CCOCC2)cc1. The topological polar surface area (TPSA) is 104 Å². The zero-order valence-corrected chi connectivity index (χ0v) is 17.7. The largest absolute Gasteiger partial charge is 0.379 e. The smallest absolute Gasteiger partial charge is 0.243 e. The Balaban J connectivity index is 1.35. The number of hydrogen-bond acceptors (Lipinski definition) is 6. The Bertz CT molecular complexity index is 1170. The number of fused-ring (bicyclic) bond motifs is 1. The van der Waals surface area contributed by atoms with Gasteiger partial charge in [0.05, 0.1) is 34.9 Å². The number of hydrogen-bond donors (Lipinski definition) is 2. The van der Waals surface area contributed by atoms with Gasteiger partial charge in [-0.3, -0.25) is 4.79 Å². The molecule has 1 amide bonds. The molecule has 1 fully saturated rings. The summed E-state index contributed by atoms with van der Waals surface area (Å²) in [7, 11) is -3.60. The number of thioether (sulfide) groups is 1. The lowest BCUT2D eigenvalue weighted by atomic mass is 10.3. The molecular formula is C19H18F2N4O4S2. The van der Waals surface area contributed by atoms with Crippen molar-refractivity contribution in [2.45, 2.75) is 10.1 Å². The number of H-pyrrole nitrogens is 1. The van der Waals surface area contributed by atoms with E-state index in [1.807, 2.05) is 0 Å². The van der Waals surface area contributed by atoms with Crippen LogP contribution in [0.2, 0.25) is 0 Å². The van der Waals surface area contributed by atoms with Crippen molar-refractivity contribution in [3.05, 3.63) is 48.0 Å². The van der Waals surface area contributed by atoms with Gasteiger partial charge in [-0.1, -0.05) is 11.8 Å². The first-order chi connectivity index (χ1) is 14.8. The summed E-state index contributed by atoms with van der Waals surface area (Å²) in [5, 5.41) is 3.02. The van der Waals surface area contributed by atoms with Crippen LogP contribution in [0.3, 0.4) is 0 Å². The quantitative estimate of drug-likeness (QED) is 0.539. The number of aromatic amines is 1. The third-order valence-corrected chi connectivity index (χ3v) is 7.37. The van der Waals surface area contributed by atoms with Gasteiger partial charge in [-0.05, 0) is 24.3 Å². The van der Waals surface area contributed by atoms with Crippen LogP contribution in [-0.4, -0.2) is 60.7 Å². The highest BCUT2D eigenvalue weighted by molar-refractivity contribution is 7.99. The molecule has 0 bridgehead atoms. The van der Waals surface area contributed by atoms with Crippen LogP contribution in [0, 0.1) is 11.6 Å². The molecule has 1 aliphatic heterocycles. The number of morpholine rings is 1. The van der Waals surface area contributed by atoms with Gasteiger partial charge in [-0.15, -0.1) is 0 Å². The van der Waals surface area contributed by atoms with E-state index in [2.05, 4.69) is 15.3 Å². The molecule has 3 aromatic rings. The Morgan fingerprint density at radius 1 is 1.16 bits per heavy atom. The monoisotopic (exact) mass is 468 g/mol. The first-order valence-corrected chi connectivity index (χ1v) is 11.7. The second-order valence-corrected chi connectivity index (χ2v) is 9.61. The van der Waals surface area contributed by atoms with E-state index in [1.54, 1.807) is 0 Å². The Morgan fingerprint density at radius 2 is 1.84 bits per heavy atom. The van der Waals surface area contributed by atoms with Gasteiger partial charge in [0.1, 0.15) is 0 Å². The number of ether oxygens (including phenoxy) is 1. The van der Waals surface area contributed by atoms with Gasteiger partial charge in [0.2, 0.25) is 15.9 Å². The number of nitrogens with one attached hydrogen (secondary N) is 2. The zero-order chi connectivity index (χ0) is 22.0. The highest BCUT2D eigenvalue weighted by atomic mass is 32.2. The van der Waals surface area contributed by atoms with Crippen molar-refractivity contribution >= 4 is 44.4 Å². The van der Waals surface area contributed by atoms with Crippen LogP contribution in [0.15, 0.2) is 46.5 Å². The van der Waals surface area contributed by atoms with Crippen molar-refractivity contribution in [3.8, 4) is 0 Å². The maximum Gasteiger partial charge on any atom is 0.243 e. The van der Waals surface area contributed by atoms with Crippen LogP contribution in [0.1, 0.15) is 0 Å². The number of nitrogens with zero attached hydrogens (tertiary/aromatic N) is 2. The highest BCUT2D eigenvalue weighted by Gasteiger charge is 2.26. The van der Waals surface area contributed by atoms with Crippen molar-refractivity contribution in [1.82, 2.24) is 14.3 Å². The molecule has 8 nitrogen and oxygen atoms in total. The van der Waals surface area contributed by atoms with Gasteiger partial charge in [0.25, 0.3) is 0 Å². The molecule has 2 N–H and O–H groups in total. The molecule has 0 radical (unpaired) electrons. The number of benzene rings is 2. The van der Waals surface area contributed by atoms with Crippen LogP contribution >= 0.6 is 11.8 Å². The number of sulfonamides is 1. The van der Waals surface area contributed by atoms with Crippen LogP contribution in [-0.2, 0) is 19.6 Å². The van der Waals surface area contributed by atoms with Crippen LogP contribution in [0.5, 0.6) is 0 Å². The second kappa shape index (κ2) is 8.91. The summed E-state index contributed by atoms with van der Waals surface area (Å²) in [6.45, 7) is 1.33. The number of carbonyl (C=O) groups is 1. The number of amides is 1. The molecule has 2 heterocycles. The van der Waals surface area contributed by atoms with Crippen molar-refractivity contribution in [2.75, 3.05) is 37.4 Å². The Hall–Kier alpha value is -2.54. The molecule has 0 atom stereocenters. The molecule has 4 rings (SSSR count). The molecule has 0 unspecified atom stereocenters. The summed E-state index contributed by atoms with van der Waals surface area (Å²) in [6, 6.07) is 7.91. The molecule has 0 aliphatic carbocycles. The molecule has 0 saturated carbocycles. The van der Waals surface area contributed by atoms with E-state index in [-0.39, 0.29) is 22.1 Å². The molecule has 1 aromatic heterocycles. The number of aromatic nitrogens is 2. The Morgan fingerprint density at radius 3 is 2.55 bits per heavy atom. The third kappa shape index (κ3) is 4.87. The van der Waals surface area contributed by atoms with Gasteiger partial charge >= 0.3 is 0 Å². The maximum absolute atomic E-state index is 13.3. The minimum absolute atomic E-state index is 0.00137. The molecule has 0 spiro atoms. The fourth-order valence-corrected chi connectivity index (χ4v) is 5.12. The average molecular weight is 469 g/mol. The lowest BCUT2D eigenvalue weighted by Crippen LogP contribution is -2.40. The van der Waals surface area contributed by atoms with E-state index in [0.29, 0.717) is 42.7 Å². The Labute approximate surface area is 181 Å². The third-order valence-electron chi connectivity index (χ3n) is 4.59. The van der Waals surface area contributed by atoms with Gasteiger partial charge < -0.3 is 15.0 Å². The number of halogens is 2. The maximum atomic E-state index is 13.3. The van der Waals surface area contributed by atoms with Crippen molar-refractivity contribution in [3.63, 3.8) is 0 Å². The molecular weight excluding hydrogens is 450 g/mol. The van der Waals surface area contributed by atoms with E-state index in [4.69, 9.17) is 4.74 Å². The minimum Gasteiger partial charge on any atom is -0.379 e. The first-order valence-electron chi connectivity index (χ1n) is 9.28. The van der Waals surface area contributed by atoms with Gasteiger partial charge in [0.15, 0.2) is 16.8 Å². The summed E-state index contributed by atoms with van der Waals surface area (Å²) in [6.07, 6.45) is 0. The summed E-state index contributed by atoms with van der Waals surface area (Å²) < 4.78 is 58.3. The van der Waals surface area contributed by atoms with Crippen LogP contribution < -0.4 is 5.32 Å². The number of rotatable bonds is 6.